The first-order valence-electron chi connectivity index (χ1n) is 7.30. The quantitative estimate of drug-likeness (QED) is 0.555. The molecule has 3 rings (SSSR count). The summed E-state index contributed by atoms with van der Waals surface area (Å²) in [6.07, 6.45) is 0. The first-order valence-corrected chi connectivity index (χ1v) is 9.46. The standard InChI is InChI=1S/C17H13BrClN3O2S/c1-10-6-7-14(12(18)8-10)20-15(23)9-25-17-22-21-16(24-17)11-4-2-3-5-13(11)19/h2-8H,9H2,1H3,(H,20,23). The molecule has 128 valence electrons. The third kappa shape index (κ3) is 4.62. The van der Waals surface area contributed by atoms with Gasteiger partial charge in [0, 0.05) is 4.47 Å². The lowest BCUT2D eigenvalue weighted by atomic mass is 10.2. The molecule has 0 aliphatic carbocycles. The topological polar surface area (TPSA) is 68.0 Å². The highest BCUT2D eigenvalue weighted by Gasteiger charge is 2.13. The van der Waals surface area contributed by atoms with Crippen LogP contribution in [-0.4, -0.2) is 21.9 Å². The van der Waals surface area contributed by atoms with Gasteiger partial charge in [-0.25, -0.2) is 0 Å². The lowest BCUT2D eigenvalue weighted by molar-refractivity contribution is -0.113. The van der Waals surface area contributed by atoms with Gasteiger partial charge < -0.3 is 9.73 Å². The molecule has 1 heterocycles. The van der Waals surface area contributed by atoms with Crippen molar-refractivity contribution in [1.82, 2.24) is 10.2 Å². The smallest absolute Gasteiger partial charge is 0.277 e. The molecular weight excluding hydrogens is 426 g/mol. The Morgan fingerprint density at radius 3 is 2.84 bits per heavy atom. The number of benzene rings is 2. The number of halogens is 2. The molecule has 1 aromatic heterocycles. The number of hydrogen-bond acceptors (Lipinski definition) is 5. The Kier molecular flexibility index (Phi) is 5.78. The summed E-state index contributed by atoms with van der Waals surface area (Å²) in [5, 5.41) is 11.6. The molecule has 0 aliphatic rings. The Morgan fingerprint density at radius 1 is 1.28 bits per heavy atom. The second kappa shape index (κ2) is 8.03. The van der Waals surface area contributed by atoms with Crippen LogP contribution in [0.25, 0.3) is 11.5 Å². The van der Waals surface area contributed by atoms with Crippen molar-refractivity contribution in [3.8, 4) is 11.5 Å². The lowest BCUT2D eigenvalue weighted by Gasteiger charge is -2.07. The third-order valence-electron chi connectivity index (χ3n) is 3.24. The van der Waals surface area contributed by atoms with Crippen LogP contribution in [0.5, 0.6) is 0 Å². The molecule has 0 spiro atoms. The molecule has 0 saturated carbocycles. The van der Waals surface area contributed by atoms with E-state index in [1.54, 1.807) is 12.1 Å². The van der Waals surface area contributed by atoms with Gasteiger partial charge in [-0.1, -0.05) is 41.6 Å². The molecule has 3 aromatic rings. The van der Waals surface area contributed by atoms with Crippen molar-refractivity contribution in [2.75, 3.05) is 11.1 Å². The number of hydrogen-bond donors (Lipinski definition) is 1. The molecule has 0 bridgehead atoms. The van der Waals surface area contributed by atoms with Gasteiger partial charge in [0.1, 0.15) is 0 Å². The molecule has 1 N–H and O–H groups in total. The van der Waals surface area contributed by atoms with Crippen molar-refractivity contribution >= 4 is 50.9 Å². The molecule has 2 aromatic carbocycles. The van der Waals surface area contributed by atoms with Crippen molar-refractivity contribution < 1.29 is 9.21 Å². The van der Waals surface area contributed by atoms with Crippen LogP contribution in [0, 0.1) is 6.92 Å². The summed E-state index contributed by atoms with van der Waals surface area (Å²) >= 11 is 10.7. The number of nitrogens with zero attached hydrogens (tertiary/aromatic N) is 2. The zero-order valence-electron chi connectivity index (χ0n) is 13.1. The molecule has 0 fully saturated rings. The van der Waals surface area contributed by atoms with E-state index in [1.807, 2.05) is 37.3 Å². The van der Waals surface area contributed by atoms with Gasteiger partial charge in [0.05, 0.1) is 22.0 Å². The molecule has 0 radical (unpaired) electrons. The first-order chi connectivity index (χ1) is 12.0. The van der Waals surface area contributed by atoms with E-state index in [2.05, 4.69) is 31.4 Å². The average molecular weight is 439 g/mol. The lowest BCUT2D eigenvalue weighted by Crippen LogP contribution is -2.14. The van der Waals surface area contributed by atoms with E-state index in [-0.39, 0.29) is 11.7 Å². The van der Waals surface area contributed by atoms with Crippen LogP contribution in [0.1, 0.15) is 5.56 Å². The zero-order chi connectivity index (χ0) is 17.8. The Labute approximate surface area is 162 Å². The van der Waals surface area contributed by atoms with Crippen LogP contribution < -0.4 is 5.32 Å². The Bertz CT molecular complexity index is 916. The van der Waals surface area contributed by atoms with E-state index < -0.39 is 0 Å². The van der Waals surface area contributed by atoms with Gasteiger partial charge in [0.15, 0.2) is 0 Å². The number of anilines is 1. The van der Waals surface area contributed by atoms with Gasteiger partial charge in [-0.3, -0.25) is 4.79 Å². The monoisotopic (exact) mass is 437 g/mol. The maximum absolute atomic E-state index is 12.1. The van der Waals surface area contributed by atoms with Crippen LogP contribution in [0.2, 0.25) is 5.02 Å². The fourth-order valence-corrected chi connectivity index (χ4v) is 3.42. The number of aryl methyl sites for hydroxylation is 1. The van der Waals surface area contributed by atoms with Crippen molar-refractivity contribution in [2.24, 2.45) is 0 Å². The maximum Gasteiger partial charge on any atom is 0.277 e. The van der Waals surface area contributed by atoms with Gasteiger partial charge in [0.2, 0.25) is 11.8 Å². The van der Waals surface area contributed by atoms with Crippen LogP contribution in [0.4, 0.5) is 5.69 Å². The number of rotatable bonds is 5. The molecule has 0 saturated heterocycles. The van der Waals surface area contributed by atoms with Gasteiger partial charge in [-0.15, -0.1) is 10.2 Å². The third-order valence-corrected chi connectivity index (χ3v) is 5.04. The zero-order valence-corrected chi connectivity index (χ0v) is 16.3. The fourth-order valence-electron chi connectivity index (χ4n) is 2.05. The fraction of sp³-hybridized carbons (Fsp3) is 0.118. The highest BCUT2D eigenvalue weighted by atomic mass is 79.9. The first kappa shape index (κ1) is 18.0. The second-order valence-corrected chi connectivity index (χ2v) is 7.36. The minimum absolute atomic E-state index is 0.157. The highest BCUT2D eigenvalue weighted by Crippen LogP contribution is 2.29. The molecule has 1 amide bonds. The van der Waals surface area contributed by atoms with Crippen LogP contribution in [0.15, 0.2) is 56.6 Å². The maximum atomic E-state index is 12.1. The number of aromatic nitrogens is 2. The van der Waals surface area contributed by atoms with Crippen molar-refractivity contribution in [2.45, 2.75) is 12.1 Å². The summed E-state index contributed by atoms with van der Waals surface area (Å²) in [4.78, 5) is 12.1. The molecule has 0 unspecified atom stereocenters. The number of thioether (sulfide) groups is 1. The highest BCUT2D eigenvalue weighted by molar-refractivity contribution is 9.10. The minimum Gasteiger partial charge on any atom is -0.411 e. The van der Waals surface area contributed by atoms with Gasteiger partial charge in [0.25, 0.3) is 5.22 Å². The number of amides is 1. The summed E-state index contributed by atoms with van der Waals surface area (Å²) in [5.41, 5.74) is 2.49. The van der Waals surface area contributed by atoms with E-state index in [9.17, 15) is 4.79 Å². The Hall–Kier alpha value is -1.83. The second-order valence-electron chi connectivity index (χ2n) is 5.17. The largest absolute Gasteiger partial charge is 0.411 e. The van der Waals surface area contributed by atoms with Crippen molar-refractivity contribution in [3.63, 3.8) is 0 Å². The number of nitrogens with one attached hydrogen (secondary N) is 1. The SMILES string of the molecule is Cc1ccc(NC(=O)CSc2nnc(-c3ccccc3Cl)o2)c(Br)c1. The van der Waals surface area contributed by atoms with Crippen LogP contribution >= 0.6 is 39.3 Å². The van der Waals surface area contributed by atoms with E-state index in [1.165, 1.54) is 11.8 Å². The predicted molar refractivity (Wildman–Crippen MR) is 103 cm³/mol. The van der Waals surface area contributed by atoms with E-state index in [0.29, 0.717) is 21.7 Å². The minimum atomic E-state index is -0.160. The molecule has 8 heteroatoms. The molecule has 25 heavy (non-hydrogen) atoms. The van der Waals surface area contributed by atoms with Gasteiger partial charge >= 0.3 is 0 Å². The van der Waals surface area contributed by atoms with E-state index in [0.717, 1.165) is 15.7 Å². The molecular formula is C17H13BrClN3O2S. The normalized spacial score (nSPS) is 10.7. The summed E-state index contributed by atoms with van der Waals surface area (Å²) in [6, 6.07) is 12.9. The van der Waals surface area contributed by atoms with Crippen LogP contribution in [-0.2, 0) is 4.79 Å². The molecule has 0 aliphatic heterocycles. The van der Waals surface area contributed by atoms with Crippen LogP contribution in [0.3, 0.4) is 0 Å². The molecule has 0 atom stereocenters. The summed E-state index contributed by atoms with van der Waals surface area (Å²) in [7, 11) is 0. The predicted octanol–water partition coefficient (Wildman–Crippen LogP) is 5.19. The number of carbonyl (C=O) groups is 1. The summed E-state index contributed by atoms with van der Waals surface area (Å²) in [6.45, 7) is 1.98. The van der Waals surface area contributed by atoms with Crippen molar-refractivity contribution in [3.05, 3.63) is 57.5 Å². The summed E-state index contributed by atoms with van der Waals surface area (Å²) in [5.74, 6) is 0.326. The number of carbonyl (C=O) groups excluding carboxylic acids is 1. The van der Waals surface area contributed by atoms with E-state index >= 15 is 0 Å². The summed E-state index contributed by atoms with van der Waals surface area (Å²) < 4.78 is 6.40. The average Bonchev–Trinajstić information content (AvgIpc) is 3.05. The van der Waals surface area contributed by atoms with Gasteiger partial charge in [-0.2, -0.15) is 0 Å². The van der Waals surface area contributed by atoms with Crippen molar-refractivity contribution in [1.29, 1.82) is 0 Å². The van der Waals surface area contributed by atoms with E-state index in [4.69, 9.17) is 16.0 Å². The Balaban J connectivity index is 1.60. The van der Waals surface area contributed by atoms with Gasteiger partial charge in [-0.05, 0) is 52.7 Å². The molecule has 5 nitrogen and oxygen atoms in total. The Morgan fingerprint density at radius 2 is 2.08 bits per heavy atom.